The lowest BCUT2D eigenvalue weighted by molar-refractivity contribution is -0.123. The fourth-order valence-electron chi connectivity index (χ4n) is 2.07. The molecule has 0 bridgehead atoms. The number of hydrogen-bond acceptors (Lipinski definition) is 1. The maximum absolute atomic E-state index is 11.6. The predicted molar refractivity (Wildman–Crippen MR) is 60.5 cm³/mol. The zero-order valence-electron chi connectivity index (χ0n) is 8.47. The minimum Gasteiger partial charge on any atom is -0.352 e. The second kappa shape index (κ2) is 4.65. The molecule has 2 aliphatic rings. The zero-order valence-corrected chi connectivity index (χ0v) is 10.1. The topological polar surface area (TPSA) is 29.1 Å². The molecule has 2 nitrogen and oxygen atoms in total. The Morgan fingerprint density at radius 2 is 1.79 bits per heavy atom. The van der Waals surface area contributed by atoms with E-state index in [2.05, 4.69) is 21.2 Å². The van der Waals surface area contributed by atoms with Crippen LogP contribution in [0.15, 0.2) is 0 Å². The summed E-state index contributed by atoms with van der Waals surface area (Å²) in [5.74, 6) is 0.638. The van der Waals surface area contributed by atoms with Crippen LogP contribution in [-0.2, 0) is 4.79 Å². The summed E-state index contributed by atoms with van der Waals surface area (Å²) in [6.07, 6.45) is 8.43. The van der Waals surface area contributed by atoms with Gasteiger partial charge in [0.1, 0.15) is 0 Å². The summed E-state index contributed by atoms with van der Waals surface area (Å²) in [5, 5.41) is 3.18. The lowest BCUT2D eigenvalue weighted by Crippen LogP contribution is -2.41. The molecule has 0 aromatic carbocycles. The van der Waals surface area contributed by atoms with Gasteiger partial charge in [0.2, 0.25) is 5.91 Å². The van der Waals surface area contributed by atoms with E-state index < -0.39 is 0 Å². The SMILES string of the molecule is O=C(NC1CCCCCC1Br)C1CC1. The summed E-state index contributed by atoms with van der Waals surface area (Å²) < 4.78 is 0. The number of rotatable bonds is 2. The Labute approximate surface area is 94.0 Å². The molecule has 2 fully saturated rings. The van der Waals surface area contributed by atoms with Crippen molar-refractivity contribution < 1.29 is 4.79 Å². The summed E-state index contributed by atoms with van der Waals surface area (Å²) >= 11 is 3.69. The van der Waals surface area contributed by atoms with Crippen molar-refractivity contribution in [3.8, 4) is 0 Å². The molecular weight excluding hydrogens is 242 g/mol. The summed E-state index contributed by atoms with van der Waals surface area (Å²) in [6, 6.07) is 0.380. The van der Waals surface area contributed by atoms with Crippen molar-refractivity contribution in [1.29, 1.82) is 0 Å². The highest BCUT2D eigenvalue weighted by molar-refractivity contribution is 9.09. The molecule has 0 radical (unpaired) electrons. The normalized spacial score (nSPS) is 33.5. The molecule has 80 valence electrons. The summed E-state index contributed by atoms with van der Waals surface area (Å²) in [5.41, 5.74) is 0. The van der Waals surface area contributed by atoms with Gasteiger partial charge in [0.05, 0.1) is 0 Å². The van der Waals surface area contributed by atoms with Crippen LogP contribution in [0, 0.1) is 5.92 Å². The highest BCUT2D eigenvalue weighted by Crippen LogP contribution is 2.30. The first-order chi connectivity index (χ1) is 6.77. The molecule has 0 aromatic rings. The van der Waals surface area contributed by atoms with Gasteiger partial charge in [-0.05, 0) is 25.7 Å². The molecule has 1 amide bonds. The second-order valence-corrected chi connectivity index (χ2v) is 5.72. The Hall–Kier alpha value is -0.0500. The van der Waals surface area contributed by atoms with Crippen molar-refractivity contribution in [1.82, 2.24) is 5.32 Å². The average molecular weight is 260 g/mol. The van der Waals surface area contributed by atoms with Gasteiger partial charge < -0.3 is 5.32 Å². The van der Waals surface area contributed by atoms with E-state index in [0.29, 0.717) is 22.7 Å². The number of hydrogen-bond donors (Lipinski definition) is 1. The van der Waals surface area contributed by atoms with E-state index in [0.717, 1.165) is 19.3 Å². The molecule has 2 unspecified atom stereocenters. The lowest BCUT2D eigenvalue weighted by Gasteiger charge is -2.21. The van der Waals surface area contributed by atoms with Crippen molar-refractivity contribution in [3.63, 3.8) is 0 Å². The molecule has 14 heavy (non-hydrogen) atoms. The number of nitrogens with one attached hydrogen (secondary N) is 1. The van der Waals surface area contributed by atoms with Gasteiger partial charge >= 0.3 is 0 Å². The first-order valence-corrected chi connectivity index (χ1v) is 6.63. The van der Waals surface area contributed by atoms with Crippen LogP contribution in [-0.4, -0.2) is 16.8 Å². The maximum Gasteiger partial charge on any atom is 0.223 e. The highest BCUT2D eigenvalue weighted by atomic mass is 79.9. The Morgan fingerprint density at radius 3 is 2.50 bits per heavy atom. The van der Waals surface area contributed by atoms with Crippen LogP contribution in [0.1, 0.15) is 44.9 Å². The number of amides is 1. The van der Waals surface area contributed by atoms with Gasteiger partial charge in [-0.3, -0.25) is 4.79 Å². The number of alkyl halides is 1. The third kappa shape index (κ3) is 2.72. The van der Waals surface area contributed by atoms with Gasteiger partial charge in [-0.25, -0.2) is 0 Å². The molecule has 3 heteroatoms. The van der Waals surface area contributed by atoms with Crippen LogP contribution in [0.2, 0.25) is 0 Å². The van der Waals surface area contributed by atoms with Gasteiger partial charge in [-0.1, -0.05) is 35.2 Å². The minimum atomic E-state index is 0.293. The maximum atomic E-state index is 11.6. The van der Waals surface area contributed by atoms with Crippen molar-refractivity contribution >= 4 is 21.8 Å². The minimum absolute atomic E-state index is 0.293. The van der Waals surface area contributed by atoms with Gasteiger partial charge in [0.15, 0.2) is 0 Å². The van der Waals surface area contributed by atoms with Crippen molar-refractivity contribution in [2.45, 2.75) is 55.8 Å². The fourth-order valence-corrected chi connectivity index (χ4v) is 2.79. The van der Waals surface area contributed by atoms with Gasteiger partial charge in [-0.2, -0.15) is 0 Å². The van der Waals surface area contributed by atoms with E-state index >= 15 is 0 Å². The van der Waals surface area contributed by atoms with E-state index in [-0.39, 0.29) is 0 Å². The molecule has 2 atom stereocenters. The van der Waals surface area contributed by atoms with E-state index in [1.165, 1.54) is 25.7 Å². The van der Waals surface area contributed by atoms with Crippen molar-refractivity contribution in [2.24, 2.45) is 5.92 Å². The summed E-state index contributed by atoms with van der Waals surface area (Å²) in [4.78, 5) is 12.1. The van der Waals surface area contributed by atoms with Crippen LogP contribution < -0.4 is 5.32 Å². The standard InChI is InChI=1S/C11H18BrNO/c12-9-4-2-1-3-5-10(9)13-11(14)8-6-7-8/h8-10H,1-7H2,(H,13,14). The average Bonchev–Trinajstić information content (AvgIpc) is 2.95. The Bertz CT molecular complexity index is 215. The third-order valence-corrected chi connectivity index (χ3v) is 4.30. The molecule has 1 N–H and O–H groups in total. The summed E-state index contributed by atoms with van der Waals surface area (Å²) in [7, 11) is 0. The summed E-state index contributed by atoms with van der Waals surface area (Å²) in [6.45, 7) is 0. The molecule has 2 rings (SSSR count). The van der Waals surface area contributed by atoms with E-state index in [4.69, 9.17) is 0 Å². The zero-order chi connectivity index (χ0) is 9.97. The first-order valence-electron chi connectivity index (χ1n) is 5.72. The van der Waals surface area contributed by atoms with Crippen LogP contribution in [0.3, 0.4) is 0 Å². The Kier molecular flexibility index (Phi) is 3.47. The third-order valence-electron chi connectivity index (χ3n) is 3.21. The smallest absolute Gasteiger partial charge is 0.223 e. The Balaban J connectivity index is 1.83. The fraction of sp³-hybridized carbons (Fsp3) is 0.909. The molecule has 2 aliphatic carbocycles. The van der Waals surface area contributed by atoms with Crippen molar-refractivity contribution in [3.05, 3.63) is 0 Å². The molecule has 0 saturated heterocycles. The largest absolute Gasteiger partial charge is 0.352 e. The van der Waals surface area contributed by atoms with E-state index in [1.54, 1.807) is 0 Å². The highest BCUT2D eigenvalue weighted by Gasteiger charge is 2.32. The van der Waals surface area contributed by atoms with Gasteiger partial charge in [0, 0.05) is 16.8 Å². The number of carbonyl (C=O) groups excluding carboxylic acids is 1. The molecule has 0 aromatic heterocycles. The predicted octanol–water partition coefficient (Wildman–Crippen LogP) is 2.61. The van der Waals surface area contributed by atoms with E-state index in [1.807, 2.05) is 0 Å². The molecular formula is C11H18BrNO. The quantitative estimate of drug-likeness (QED) is 0.600. The molecule has 0 aliphatic heterocycles. The monoisotopic (exact) mass is 259 g/mol. The van der Waals surface area contributed by atoms with Gasteiger partial charge in [-0.15, -0.1) is 0 Å². The lowest BCUT2D eigenvalue weighted by atomic mass is 10.1. The molecule has 2 saturated carbocycles. The molecule has 0 spiro atoms. The Morgan fingerprint density at radius 1 is 1.07 bits per heavy atom. The second-order valence-electron chi connectivity index (χ2n) is 4.54. The van der Waals surface area contributed by atoms with Crippen LogP contribution in [0.5, 0.6) is 0 Å². The van der Waals surface area contributed by atoms with Crippen LogP contribution in [0.4, 0.5) is 0 Å². The first kappa shape index (κ1) is 10.5. The molecule has 0 heterocycles. The van der Waals surface area contributed by atoms with E-state index in [9.17, 15) is 4.79 Å². The van der Waals surface area contributed by atoms with Crippen molar-refractivity contribution in [2.75, 3.05) is 0 Å². The number of halogens is 1. The van der Waals surface area contributed by atoms with Crippen LogP contribution >= 0.6 is 15.9 Å². The van der Waals surface area contributed by atoms with Gasteiger partial charge in [0.25, 0.3) is 0 Å². The van der Waals surface area contributed by atoms with Crippen LogP contribution in [0.25, 0.3) is 0 Å². The number of carbonyl (C=O) groups is 1.